The fourth-order valence-corrected chi connectivity index (χ4v) is 1.92. The van der Waals surface area contributed by atoms with E-state index in [1.807, 2.05) is 13.8 Å². The van der Waals surface area contributed by atoms with Crippen molar-refractivity contribution in [3.8, 4) is 0 Å². The highest BCUT2D eigenvalue weighted by molar-refractivity contribution is 5.70. The molecule has 0 amide bonds. The summed E-state index contributed by atoms with van der Waals surface area (Å²) in [6.07, 6.45) is 0.379. The van der Waals surface area contributed by atoms with Crippen LogP contribution in [0.15, 0.2) is 18.2 Å². The molecule has 0 saturated heterocycles. The molecule has 0 heterocycles. The number of carbonyl (C=O) groups is 1. The molecule has 0 radical (unpaired) electrons. The first-order valence-corrected chi connectivity index (χ1v) is 6.54. The highest BCUT2D eigenvalue weighted by atomic mass is 16.5. The van der Waals surface area contributed by atoms with E-state index in [4.69, 9.17) is 4.74 Å². The Balaban J connectivity index is 2.82. The molecule has 1 atom stereocenters. The van der Waals surface area contributed by atoms with E-state index in [1.54, 1.807) is 0 Å². The van der Waals surface area contributed by atoms with Crippen LogP contribution in [0.25, 0.3) is 0 Å². The van der Waals surface area contributed by atoms with Crippen LogP contribution in [-0.4, -0.2) is 19.1 Å². The predicted octanol–water partition coefficient (Wildman–Crippen LogP) is 2.91. The average Bonchev–Trinajstić information content (AvgIpc) is 2.32. The number of benzene rings is 1. The zero-order valence-corrected chi connectivity index (χ0v) is 11.7. The molecule has 0 bridgehead atoms. The van der Waals surface area contributed by atoms with Gasteiger partial charge in [-0.2, -0.15) is 0 Å². The highest BCUT2D eigenvalue weighted by Crippen LogP contribution is 2.20. The van der Waals surface area contributed by atoms with E-state index in [0.29, 0.717) is 13.0 Å². The van der Waals surface area contributed by atoms with Crippen molar-refractivity contribution in [2.24, 2.45) is 0 Å². The summed E-state index contributed by atoms with van der Waals surface area (Å²) in [6.45, 7) is 9.32. The maximum absolute atomic E-state index is 11.6. The van der Waals surface area contributed by atoms with Gasteiger partial charge in [0.2, 0.25) is 0 Å². The molecule has 3 heteroatoms. The Morgan fingerprint density at radius 2 is 2.00 bits per heavy atom. The number of aryl methyl sites for hydroxylation is 2. The van der Waals surface area contributed by atoms with Crippen molar-refractivity contribution in [2.45, 2.75) is 40.2 Å². The molecule has 0 saturated carbocycles. The van der Waals surface area contributed by atoms with Gasteiger partial charge < -0.3 is 10.1 Å². The summed E-state index contributed by atoms with van der Waals surface area (Å²) in [7, 11) is 0. The van der Waals surface area contributed by atoms with Gasteiger partial charge in [0.05, 0.1) is 13.0 Å². The number of nitrogens with one attached hydrogen (secondary N) is 1. The van der Waals surface area contributed by atoms with Gasteiger partial charge in [0.25, 0.3) is 0 Å². The van der Waals surface area contributed by atoms with Crippen LogP contribution >= 0.6 is 0 Å². The van der Waals surface area contributed by atoms with Crippen LogP contribution in [0.3, 0.4) is 0 Å². The lowest BCUT2D eigenvalue weighted by Crippen LogP contribution is -2.24. The largest absolute Gasteiger partial charge is 0.466 e. The van der Waals surface area contributed by atoms with E-state index in [0.717, 1.165) is 12.1 Å². The third kappa shape index (κ3) is 4.15. The first-order valence-electron chi connectivity index (χ1n) is 6.54. The Hall–Kier alpha value is -1.35. The molecule has 0 aliphatic rings. The molecule has 1 N–H and O–H groups in total. The van der Waals surface area contributed by atoms with E-state index in [2.05, 4.69) is 37.4 Å². The van der Waals surface area contributed by atoms with Crippen molar-refractivity contribution in [3.05, 3.63) is 34.9 Å². The maximum atomic E-state index is 11.6. The molecule has 0 spiro atoms. The number of hydrogen-bond donors (Lipinski definition) is 1. The number of esters is 1. The molecular formula is C15H23NO2. The summed E-state index contributed by atoms with van der Waals surface area (Å²) < 4.78 is 5.02. The van der Waals surface area contributed by atoms with Gasteiger partial charge in [-0.25, -0.2) is 0 Å². The molecular weight excluding hydrogens is 226 g/mol. The molecule has 0 aromatic heterocycles. The van der Waals surface area contributed by atoms with Crippen molar-refractivity contribution in [3.63, 3.8) is 0 Å². The predicted molar refractivity (Wildman–Crippen MR) is 73.6 cm³/mol. The first kappa shape index (κ1) is 14.7. The van der Waals surface area contributed by atoms with Crippen molar-refractivity contribution >= 4 is 5.97 Å². The van der Waals surface area contributed by atoms with E-state index >= 15 is 0 Å². The lowest BCUT2D eigenvalue weighted by molar-refractivity contribution is -0.143. The summed E-state index contributed by atoms with van der Waals surface area (Å²) in [4.78, 5) is 11.6. The Morgan fingerprint density at radius 1 is 1.28 bits per heavy atom. The monoisotopic (exact) mass is 249 g/mol. The second-order valence-corrected chi connectivity index (χ2v) is 4.46. The summed E-state index contributed by atoms with van der Waals surface area (Å²) in [5, 5.41) is 3.33. The Kier molecular flexibility index (Phi) is 5.86. The van der Waals surface area contributed by atoms with Crippen molar-refractivity contribution < 1.29 is 9.53 Å². The van der Waals surface area contributed by atoms with Crippen molar-refractivity contribution in [1.29, 1.82) is 0 Å². The quantitative estimate of drug-likeness (QED) is 0.788. The number of carbonyl (C=O) groups excluding carboxylic acids is 1. The van der Waals surface area contributed by atoms with Gasteiger partial charge in [0, 0.05) is 6.04 Å². The lowest BCUT2D eigenvalue weighted by atomic mass is 9.99. The van der Waals surface area contributed by atoms with Gasteiger partial charge >= 0.3 is 5.97 Å². The van der Waals surface area contributed by atoms with Crippen LogP contribution in [-0.2, 0) is 9.53 Å². The summed E-state index contributed by atoms with van der Waals surface area (Å²) in [5.74, 6) is -0.151. The molecule has 1 unspecified atom stereocenters. The molecule has 1 aromatic rings. The second kappa shape index (κ2) is 7.17. The normalized spacial score (nSPS) is 12.2. The number of ether oxygens (including phenoxy) is 1. The maximum Gasteiger partial charge on any atom is 0.307 e. The van der Waals surface area contributed by atoms with Crippen LogP contribution in [0.1, 0.15) is 43.0 Å². The van der Waals surface area contributed by atoms with Crippen LogP contribution in [0.5, 0.6) is 0 Å². The molecule has 18 heavy (non-hydrogen) atoms. The van der Waals surface area contributed by atoms with E-state index in [9.17, 15) is 4.79 Å². The third-order valence-corrected chi connectivity index (χ3v) is 3.06. The molecule has 100 valence electrons. The van der Waals surface area contributed by atoms with Crippen molar-refractivity contribution in [1.82, 2.24) is 5.32 Å². The van der Waals surface area contributed by atoms with Crippen molar-refractivity contribution in [2.75, 3.05) is 13.2 Å². The van der Waals surface area contributed by atoms with Crippen LogP contribution < -0.4 is 5.32 Å². The summed E-state index contributed by atoms with van der Waals surface area (Å²) in [6, 6.07) is 6.35. The standard InChI is InChI=1S/C15H23NO2/c1-5-16-14(10-15(17)18-6-2)13-8-7-11(3)12(4)9-13/h7-9,14,16H,5-6,10H2,1-4H3. The highest BCUT2D eigenvalue weighted by Gasteiger charge is 2.16. The lowest BCUT2D eigenvalue weighted by Gasteiger charge is -2.18. The SMILES string of the molecule is CCNC(CC(=O)OCC)c1ccc(C)c(C)c1. The average molecular weight is 249 g/mol. The first-order chi connectivity index (χ1) is 8.58. The Bertz CT molecular complexity index is 401. The molecule has 0 fully saturated rings. The zero-order chi connectivity index (χ0) is 13.5. The van der Waals surface area contributed by atoms with E-state index in [-0.39, 0.29) is 12.0 Å². The van der Waals surface area contributed by atoms with E-state index in [1.165, 1.54) is 11.1 Å². The zero-order valence-electron chi connectivity index (χ0n) is 11.7. The fraction of sp³-hybridized carbons (Fsp3) is 0.533. The van der Waals surface area contributed by atoms with Gasteiger partial charge in [-0.1, -0.05) is 25.1 Å². The molecule has 0 aliphatic heterocycles. The fourth-order valence-electron chi connectivity index (χ4n) is 1.92. The van der Waals surface area contributed by atoms with E-state index < -0.39 is 0 Å². The van der Waals surface area contributed by atoms with Gasteiger partial charge in [0.15, 0.2) is 0 Å². The van der Waals surface area contributed by atoms with Crippen LogP contribution in [0.2, 0.25) is 0 Å². The third-order valence-electron chi connectivity index (χ3n) is 3.06. The van der Waals surface area contributed by atoms with Crippen LogP contribution in [0.4, 0.5) is 0 Å². The van der Waals surface area contributed by atoms with Gasteiger partial charge in [-0.3, -0.25) is 4.79 Å². The number of hydrogen-bond acceptors (Lipinski definition) is 3. The second-order valence-electron chi connectivity index (χ2n) is 4.46. The Morgan fingerprint density at radius 3 is 2.56 bits per heavy atom. The topological polar surface area (TPSA) is 38.3 Å². The molecule has 1 rings (SSSR count). The minimum atomic E-state index is -0.151. The van der Waals surface area contributed by atoms with Gasteiger partial charge in [-0.15, -0.1) is 0 Å². The molecule has 3 nitrogen and oxygen atoms in total. The smallest absolute Gasteiger partial charge is 0.307 e. The van der Waals surface area contributed by atoms with Crippen LogP contribution in [0, 0.1) is 13.8 Å². The minimum absolute atomic E-state index is 0.0355. The molecule has 1 aromatic carbocycles. The Labute approximate surface area is 110 Å². The molecule has 0 aliphatic carbocycles. The summed E-state index contributed by atoms with van der Waals surface area (Å²) in [5.41, 5.74) is 3.66. The minimum Gasteiger partial charge on any atom is -0.466 e. The van der Waals surface area contributed by atoms with Gasteiger partial charge in [0.1, 0.15) is 0 Å². The summed E-state index contributed by atoms with van der Waals surface area (Å²) >= 11 is 0. The number of rotatable bonds is 6. The van der Waals surface area contributed by atoms with Gasteiger partial charge in [-0.05, 0) is 44.0 Å².